The summed E-state index contributed by atoms with van der Waals surface area (Å²) < 4.78 is 28.4. The zero-order valence-electron chi connectivity index (χ0n) is 15.9. The van der Waals surface area contributed by atoms with Crippen LogP contribution in [0.5, 0.6) is 0 Å². The third kappa shape index (κ3) is 7.33. The van der Waals surface area contributed by atoms with Crippen LogP contribution in [0.3, 0.4) is 0 Å². The second-order valence-corrected chi connectivity index (χ2v) is 9.60. The van der Waals surface area contributed by atoms with Gasteiger partial charge < -0.3 is 15.0 Å². The summed E-state index contributed by atoms with van der Waals surface area (Å²) in [5, 5.41) is 2.93. The second-order valence-electron chi connectivity index (χ2n) is 7.46. The van der Waals surface area contributed by atoms with Crippen molar-refractivity contribution in [2.45, 2.75) is 45.1 Å². The Morgan fingerprint density at radius 3 is 2.31 bits per heavy atom. The number of ether oxygens (including phenoxy) is 1. The summed E-state index contributed by atoms with van der Waals surface area (Å²) in [6, 6.07) is 7.23. The average molecular weight is 383 g/mol. The van der Waals surface area contributed by atoms with Crippen LogP contribution >= 0.6 is 0 Å². The second kappa shape index (κ2) is 9.37. The highest BCUT2D eigenvalue weighted by Gasteiger charge is 2.23. The maximum atomic E-state index is 12.3. The molecule has 1 fully saturated rings. The SMILES string of the molecule is CC(C)COC1CCN(C(=O)NCc2ccc(CS(C)(=O)=O)cc2)CC1. The number of nitrogens with one attached hydrogen (secondary N) is 1. The Morgan fingerprint density at radius 1 is 1.19 bits per heavy atom. The Bertz CT molecular complexity index is 678. The minimum atomic E-state index is -3.03. The molecule has 2 rings (SSSR count). The molecule has 0 atom stereocenters. The summed E-state index contributed by atoms with van der Waals surface area (Å²) in [4.78, 5) is 14.1. The summed E-state index contributed by atoms with van der Waals surface area (Å²) in [5.41, 5.74) is 1.71. The predicted molar refractivity (Wildman–Crippen MR) is 103 cm³/mol. The maximum Gasteiger partial charge on any atom is 0.317 e. The molecule has 1 heterocycles. The minimum Gasteiger partial charge on any atom is -0.378 e. The van der Waals surface area contributed by atoms with E-state index in [-0.39, 0.29) is 17.9 Å². The fraction of sp³-hybridized carbons (Fsp3) is 0.632. The van der Waals surface area contributed by atoms with Crippen LogP contribution in [-0.2, 0) is 26.9 Å². The number of carbonyl (C=O) groups is 1. The van der Waals surface area contributed by atoms with Gasteiger partial charge >= 0.3 is 6.03 Å². The van der Waals surface area contributed by atoms with Gasteiger partial charge in [-0.1, -0.05) is 38.1 Å². The van der Waals surface area contributed by atoms with Gasteiger partial charge in [0.15, 0.2) is 9.84 Å². The highest BCUT2D eigenvalue weighted by Crippen LogP contribution is 2.15. The molecule has 0 radical (unpaired) electrons. The fourth-order valence-corrected chi connectivity index (χ4v) is 3.70. The van der Waals surface area contributed by atoms with Gasteiger partial charge in [-0.15, -0.1) is 0 Å². The van der Waals surface area contributed by atoms with Crippen molar-refractivity contribution in [3.8, 4) is 0 Å². The first-order chi connectivity index (χ1) is 12.2. The molecular formula is C19H30N2O4S. The van der Waals surface area contributed by atoms with Gasteiger partial charge in [0.05, 0.1) is 11.9 Å². The first-order valence-electron chi connectivity index (χ1n) is 9.13. The quantitative estimate of drug-likeness (QED) is 0.786. The van der Waals surface area contributed by atoms with Gasteiger partial charge in [-0.2, -0.15) is 0 Å². The number of carbonyl (C=O) groups excluding carboxylic acids is 1. The highest BCUT2D eigenvalue weighted by atomic mass is 32.2. The lowest BCUT2D eigenvalue weighted by Gasteiger charge is -2.32. The van der Waals surface area contributed by atoms with Crippen molar-refractivity contribution in [3.05, 3.63) is 35.4 Å². The van der Waals surface area contributed by atoms with Crippen molar-refractivity contribution < 1.29 is 17.9 Å². The lowest BCUT2D eigenvalue weighted by molar-refractivity contribution is 0.00211. The molecule has 146 valence electrons. The van der Waals surface area contributed by atoms with Crippen molar-refractivity contribution >= 4 is 15.9 Å². The molecule has 2 amide bonds. The van der Waals surface area contributed by atoms with E-state index in [9.17, 15) is 13.2 Å². The van der Waals surface area contributed by atoms with E-state index in [1.807, 2.05) is 17.0 Å². The van der Waals surface area contributed by atoms with Gasteiger partial charge in [-0.3, -0.25) is 0 Å². The Morgan fingerprint density at radius 2 is 1.77 bits per heavy atom. The van der Waals surface area contributed by atoms with E-state index in [0.717, 1.165) is 30.6 Å². The molecule has 0 bridgehead atoms. The first-order valence-corrected chi connectivity index (χ1v) is 11.2. The number of nitrogens with zero attached hydrogens (tertiary/aromatic N) is 1. The smallest absolute Gasteiger partial charge is 0.317 e. The molecule has 6 nitrogen and oxygen atoms in total. The van der Waals surface area contributed by atoms with E-state index in [2.05, 4.69) is 19.2 Å². The van der Waals surface area contributed by atoms with E-state index < -0.39 is 9.84 Å². The van der Waals surface area contributed by atoms with Crippen molar-refractivity contribution in [2.24, 2.45) is 5.92 Å². The third-order valence-corrected chi connectivity index (χ3v) is 5.15. The largest absolute Gasteiger partial charge is 0.378 e. The first kappa shape index (κ1) is 20.7. The minimum absolute atomic E-state index is 0.0352. The molecule has 0 saturated carbocycles. The lowest BCUT2D eigenvalue weighted by Crippen LogP contribution is -2.45. The topological polar surface area (TPSA) is 75.7 Å². The van der Waals surface area contributed by atoms with Gasteiger partial charge in [0.25, 0.3) is 0 Å². The van der Waals surface area contributed by atoms with Gasteiger partial charge in [-0.05, 0) is 29.9 Å². The van der Waals surface area contributed by atoms with Crippen LogP contribution < -0.4 is 5.32 Å². The van der Waals surface area contributed by atoms with Crippen LogP contribution in [0.1, 0.15) is 37.8 Å². The normalized spacial score (nSPS) is 16.1. The number of likely N-dealkylation sites (tertiary alicyclic amines) is 1. The van der Waals surface area contributed by atoms with Crippen LogP contribution in [-0.4, -0.2) is 51.4 Å². The van der Waals surface area contributed by atoms with Crippen molar-refractivity contribution in [2.75, 3.05) is 26.0 Å². The van der Waals surface area contributed by atoms with E-state index in [1.165, 1.54) is 6.26 Å². The van der Waals surface area contributed by atoms with Gasteiger partial charge in [-0.25, -0.2) is 13.2 Å². The highest BCUT2D eigenvalue weighted by molar-refractivity contribution is 7.89. The molecule has 1 aromatic rings. The van der Waals surface area contributed by atoms with E-state index >= 15 is 0 Å². The molecular weight excluding hydrogens is 352 g/mol. The molecule has 1 aliphatic heterocycles. The lowest BCUT2D eigenvalue weighted by atomic mass is 10.1. The van der Waals surface area contributed by atoms with Crippen LogP contribution in [0.2, 0.25) is 0 Å². The van der Waals surface area contributed by atoms with Crippen molar-refractivity contribution in [3.63, 3.8) is 0 Å². The molecule has 0 aromatic heterocycles. The Hall–Kier alpha value is -1.60. The number of hydrogen-bond acceptors (Lipinski definition) is 4. The molecule has 1 aromatic carbocycles. The number of rotatable bonds is 7. The summed E-state index contributed by atoms with van der Waals surface area (Å²) in [6.45, 7) is 6.89. The van der Waals surface area contributed by atoms with Crippen LogP contribution in [0.4, 0.5) is 4.79 Å². The van der Waals surface area contributed by atoms with E-state index in [1.54, 1.807) is 12.1 Å². The molecule has 1 aliphatic rings. The van der Waals surface area contributed by atoms with Gasteiger partial charge in [0.2, 0.25) is 0 Å². The van der Waals surface area contributed by atoms with Crippen LogP contribution in [0, 0.1) is 5.92 Å². The standard InChI is InChI=1S/C19H30N2O4S/c1-15(2)13-25-18-8-10-21(11-9-18)19(22)20-12-16-4-6-17(7-5-16)14-26(3,23)24/h4-7,15,18H,8-14H2,1-3H3,(H,20,22). The Balaban J connectivity index is 1.73. The molecule has 1 saturated heterocycles. The number of piperidine rings is 1. The summed E-state index contributed by atoms with van der Waals surface area (Å²) >= 11 is 0. The number of hydrogen-bond donors (Lipinski definition) is 1. The Labute approximate surface area is 156 Å². The van der Waals surface area contributed by atoms with Gasteiger partial charge in [0.1, 0.15) is 0 Å². The van der Waals surface area contributed by atoms with Crippen LogP contribution in [0.15, 0.2) is 24.3 Å². The number of sulfone groups is 1. The Kier molecular flexibility index (Phi) is 7.46. The summed E-state index contributed by atoms with van der Waals surface area (Å²) in [7, 11) is -3.03. The predicted octanol–water partition coefficient (Wildman–Crippen LogP) is 2.58. The zero-order valence-corrected chi connectivity index (χ0v) is 16.7. The molecule has 1 N–H and O–H groups in total. The molecule has 7 heteroatoms. The molecule has 0 aliphatic carbocycles. The zero-order chi connectivity index (χ0) is 19.2. The molecule has 0 unspecified atom stereocenters. The monoisotopic (exact) mass is 382 g/mol. The van der Waals surface area contributed by atoms with Crippen molar-refractivity contribution in [1.29, 1.82) is 0 Å². The number of urea groups is 1. The van der Waals surface area contributed by atoms with Crippen LogP contribution in [0.25, 0.3) is 0 Å². The fourth-order valence-electron chi connectivity index (χ4n) is 2.90. The number of benzene rings is 1. The summed E-state index contributed by atoms with van der Waals surface area (Å²) in [6.07, 6.45) is 3.22. The maximum absolute atomic E-state index is 12.3. The van der Waals surface area contributed by atoms with E-state index in [0.29, 0.717) is 25.6 Å². The third-order valence-electron chi connectivity index (χ3n) is 4.29. The summed E-state index contributed by atoms with van der Waals surface area (Å²) in [5.74, 6) is 0.563. The molecule has 26 heavy (non-hydrogen) atoms. The molecule has 0 spiro atoms. The van der Waals surface area contributed by atoms with Gasteiger partial charge in [0, 0.05) is 32.5 Å². The number of amides is 2. The average Bonchev–Trinajstić information content (AvgIpc) is 2.58. The van der Waals surface area contributed by atoms with Crippen molar-refractivity contribution in [1.82, 2.24) is 10.2 Å². The van der Waals surface area contributed by atoms with E-state index in [4.69, 9.17) is 4.74 Å².